The summed E-state index contributed by atoms with van der Waals surface area (Å²) >= 11 is 1.33. The Labute approximate surface area is 174 Å². The molecule has 150 valence electrons. The van der Waals surface area contributed by atoms with Crippen molar-refractivity contribution < 1.29 is 9.18 Å². The average molecular weight is 411 g/mol. The molecule has 0 aliphatic rings. The maximum Gasteiger partial charge on any atom is 0.233 e. The lowest BCUT2D eigenvalue weighted by molar-refractivity contribution is -0.127. The van der Waals surface area contributed by atoms with E-state index in [4.69, 9.17) is 0 Å². The zero-order valence-corrected chi connectivity index (χ0v) is 17.3. The van der Waals surface area contributed by atoms with E-state index in [-0.39, 0.29) is 17.5 Å². The van der Waals surface area contributed by atoms with Crippen LogP contribution in [-0.4, -0.2) is 38.4 Å². The second-order valence-electron chi connectivity index (χ2n) is 6.74. The molecule has 0 unspecified atom stereocenters. The molecule has 0 spiro atoms. The number of carbonyl (C=O) groups is 1. The van der Waals surface area contributed by atoms with Gasteiger partial charge in [-0.25, -0.2) is 4.39 Å². The van der Waals surface area contributed by atoms with Gasteiger partial charge in [-0.15, -0.1) is 16.8 Å². The fourth-order valence-electron chi connectivity index (χ4n) is 2.79. The summed E-state index contributed by atoms with van der Waals surface area (Å²) in [5, 5.41) is 9.08. The average Bonchev–Trinajstić information content (AvgIpc) is 3.11. The molecule has 5 nitrogen and oxygen atoms in total. The fourth-order valence-corrected chi connectivity index (χ4v) is 3.68. The highest BCUT2D eigenvalue weighted by Gasteiger charge is 2.16. The van der Waals surface area contributed by atoms with Crippen LogP contribution in [0.25, 0.3) is 11.4 Å². The van der Waals surface area contributed by atoms with Crippen molar-refractivity contribution in [1.29, 1.82) is 0 Å². The van der Waals surface area contributed by atoms with Gasteiger partial charge in [0.25, 0.3) is 0 Å². The number of allylic oxidation sites excluding steroid dienone is 1. The van der Waals surface area contributed by atoms with Gasteiger partial charge in [-0.1, -0.05) is 47.7 Å². The van der Waals surface area contributed by atoms with Crippen LogP contribution in [-0.2, 0) is 17.9 Å². The van der Waals surface area contributed by atoms with Gasteiger partial charge in [0.15, 0.2) is 11.0 Å². The molecule has 0 N–H and O–H groups in total. The summed E-state index contributed by atoms with van der Waals surface area (Å²) in [6, 6.07) is 14.2. The highest BCUT2D eigenvalue weighted by atomic mass is 32.2. The summed E-state index contributed by atoms with van der Waals surface area (Å²) in [6.45, 7) is 6.87. The molecular weight excluding hydrogens is 387 g/mol. The summed E-state index contributed by atoms with van der Waals surface area (Å²) in [5.74, 6) is 0.571. The zero-order chi connectivity index (χ0) is 20.8. The standard InChI is InChI=1S/C22H23FN4OS/c1-4-13-27-21(18-9-11-19(23)12-10-18)24-25-22(27)29-15-20(28)26(3)14-17-7-5-16(2)6-8-17/h4-12H,1,13-15H2,2-3H3. The van der Waals surface area contributed by atoms with Crippen molar-refractivity contribution >= 4 is 17.7 Å². The summed E-state index contributed by atoms with van der Waals surface area (Å²) in [6.07, 6.45) is 1.74. The SMILES string of the molecule is C=CCn1c(SCC(=O)N(C)Cc2ccc(C)cc2)nnc1-c1ccc(F)cc1. The van der Waals surface area contributed by atoms with E-state index in [2.05, 4.69) is 16.8 Å². The lowest BCUT2D eigenvalue weighted by Gasteiger charge is -2.17. The van der Waals surface area contributed by atoms with Crippen molar-refractivity contribution in [3.05, 3.63) is 78.1 Å². The summed E-state index contributed by atoms with van der Waals surface area (Å²) in [4.78, 5) is 14.3. The molecule has 0 aliphatic carbocycles. The molecule has 0 fully saturated rings. The topological polar surface area (TPSA) is 51.0 Å². The predicted octanol–water partition coefficient (Wildman–Crippen LogP) is 4.33. The zero-order valence-electron chi connectivity index (χ0n) is 16.5. The number of aromatic nitrogens is 3. The molecule has 0 radical (unpaired) electrons. The van der Waals surface area contributed by atoms with E-state index in [0.717, 1.165) is 11.1 Å². The number of thioether (sulfide) groups is 1. The number of aryl methyl sites for hydroxylation is 1. The quantitative estimate of drug-likeness (QED) is 0.410. The Balaban J connectivity index is 1.67. The van der Waals surface area contributed by atoms with Crippen LogP contribution in [0.4, 0.5) is 4.39 Å². The summed E-state index contributed by atoms with van der Waals surface area (Å²) in [7, 11) is 1.79. The molecule has 1 aromatic heterocycles. The predicted molar refractivity (Wildman–Crippen MR) is 114 cm³/mol. The van der Waals surface area contributed by atoms with Gasteiger partial charge in [-0.2, -0.15) is 0 Å². The van der Waals surface area contributed by atoms with Crippen molar-refractivity contribution in [2.75, 3.05) is 12.8 Å². The third kappa shape index (κ3) is 5.32. The van der Waals surface area contributed by atoms with Crippen LogP contribution in [0, 0.1) is 12.7 Å². The first-order chi connectivity index (χ1) is 14.0. The monoisotopic (exact) mass is 410 g/mol. The van der Waals surface area contributed by atoms with E-state index in [1.165, 1.54) is 29.5 Å². The van der Waals surface area contributed by atoms with Crippen LogP contribution in [0.15, 0.2) is 66.3 Å². The van der Waals surface area contributed by atoms with E-state index >= 15 is 0 Å². The Morgan fingerprint density at radius 2 is 1.86 bits per heavy atom. The highest BCUT2D eigenvalue weighted by Crippen LogP contribution is 2.24. The van der Waals surface area contributed by atoms with Gasteiger partial charge in [-0.05, 0) is 36.8 Å². The number of hydrogen-bond acceptors (Lipinski definition) is 4. The Kier molecular flexibility index (Phi) is 6.82. The molecule has 3 aromatic rings. The second kappa shape index (κ2) is 9.52. The maximum atomic E-state index is 13.2. The first-order valence-corrected chi connectivity index (χ1v) is 10.2. The Hall–Kier alpha value is -2.93. The van der Waals surface area contributed by atoms with E-state index in [1.807, 2.05) is 35.8 Å². The van der Waals surface area contributed by atoms with Crippen LogP contribution in [0.2, 0.25) is 0 Å². The Morgan fingerprint density at radius 1 is 1.17 bits per heavy atom. The minimum absolute atomic E-state index is 0.00654. The van der Waals surface area contributed by atoms with Crippen molar-refractivity contribution in [3.63, 3.8) is 0 Å². The van der Waals surface area contributed by atoms with Crippen molar-refractivity contribution in [2.45, 2.75) is 25.2 Å². The molecule has 7 heteroatoms. The summed E-state index contributed by atoms with van der Waals surface area (Å²) < 4.78 is 15.1. The van der Waals surface area contributed by atoms with Gasteiger partial charge in [-0.3, -0.25) is 9.36 Å². The van der Waals surface area contributed by atoms with Crippen LogP contribution in [0.1, 0.15) is 11.1 Å². The molecule has 1 amide bonds. The number of benzene rings is 2. The number of nitrogens with zero attached hydrogens (tertiary/aromatic N) is 4. The third-order valence-electron chi connectivity index (χ3n) is 4.42. The number of carbonyl (C=O) groups excluding carboxylic acids is 1. The van der Waals surface area contributed by atoms with Crippen molar-refractivity contribution in [1.82, 2.24) is 19.7 Å². The van der Waals surface area contributed by atoms with Crippen LogP contribution in [0.5, 0.6) is 0 Å². The molecule has 0 saturated heterocycles. The van der Waals surface area contributed by atoms with Gasteiger partial charge in [0.1, 0.15) is 5.82 Å². The van der Waals surface area contributed by atoms with Crippen molar-refractivity contribution in [2.24, 2.45) is 0 Å². The Morgan fingerprint density at radius 3 is 2.52 bits per heavy atom. The molecule has 3 rings (SSSR count). The molecule has 1 heterocycles. The summed E-state index contributed by atoms with van der Waals surface area (Å²) in [5.41, 5.74) is 3.04. The fraction of sp³-hybridized carbons (Fsp3) is 0.227. The van der Waals surface area contributed by atoms with Gasteiger partial charge >= 0.3 is 0 Å². The van der Waals surface area contributed by atoms with Crippen LogP contribution < -0.4 is 0 Å². The molecule has 29 heavy (non-hydrogen) atoms. The number of amides is 1. The molecular formula is C22H23FN4OS. The first kappa shape index (κ1) is 20.8. The van der Waals surface area contributed by atoms with Gasteiger partial charge in [0.05, 0.1) is 5.75 Å². The minimum Gasteiger partial charge on any atom is -0.341 e. The molecule has 0 saturated carbocycles. The lowest BCUT2D eigenvalue weighted by Crippen LogP contribution is -2.27. The maximum absolute atomic E-state index is 13.2. The molecule has 0 bridgehead atoms. The normalized spacial score (nSPS) is 10.7. The highest BCUT2D eigenvalue weighted by molar-refractivity contribution is 7.99. The molecule has 0 aliphatic heterocycles. The van der Waals surface area contributed by atoms with E-state index in [9.17, 15) is 9.18 Å². The number of rotatable bonds is 8. The van der Waals surface area contributed by atoms with E-state index < -0.39 is 0 Å². The van der Waals surface area contributed by atoms with Crippen LogP contribution >= 0.6 is 11.8 Å². The number of hydrogen-bond donors (Lipinski definition) is 0. The third-order valence-corrected chi connectivity index (χ3v) is 5.37. The van der Waals surface area contributed by atoms with Gasteiger partial charge in [0.2, 0.25) is 5.91 Å². The van der Waals surface area contributed by atoms with Gasteiger partial charge < -0.3 is 4.90 Å². The Bertz CT molecular complexity index is 983. The minimum atomic E-state index is -0.305. The largest absolute Gasteiger partial charge is 0.341 e. The second-order valence-corrected chi connectivity index (χ2v) is 7.68. The van der Waals surface area contributed by atoms with E-state index in [0.29, 0.717) is 24.1 Å². The lowest BCUT2D eigenvalue weighted by atomic mass is 10.1. The van der Waals surface area contributed by atoms with Crippen molar-refractivity contribution in [3.8, 4) is 11.4 Å². The first-order valence-electron chi connectivity index (χ1n) is 9.20. The molecule has 2 aromatic carbocycles. The van der Waals surface area contributed by atoms with E-state index in [1.54, 1.807) is 30.2 Å². The number of halogens is 1. The smallest absolute Gasteiger partial charge is 0.233 e. The van der Waals surface area contributed by atoms with Crippen LogP contribution in [0.3, 0.4) is 0 Å². The molecule has 0 atom stereocenters. The van der Waals surface area contributed by atoms with Gasteiger partial charge in [0, 0.05) is 25.7 Å².